The molecule has 0 spiro atoms. The lowest BCUT2D eigenvalue weighted by molar-refractivity contribution is 0.434. The summed E-state index contributed by atoms with van der Waals surface area (Å²) in [6.07, 6.45) is 3.79. The second-order valence-electron chi connectivity index (χ2n) is 5.94. The number of hydrogen-bond acceptors (Lipinski definition) is 3. The molecule has 0 atom stereocenters. The lowest BCUT2D eigenvalue weighted by atomic mass is 9.99. The van der Waals surface area contributed by atoms with Crippen molar-refractivity contribution in [1.82, 2.24) is 9.55 Å². The summed E-state index contributed by atoms with van der Waals surface area (Å²) >= 11 is 4.69. The second-order valence-corrected chi connectivity index (χ2v) is 7.46. The van der Waals surface area contributed by atoms with Crippen LogP contribution in [0.5, 0.6) is 0 Å². The lowest BCUT2D eigenvalue weighted by Crippen LogP contribution is -2.34. The number of thioether (sulfide) groups is 1. The van der Waals surface area contributed by atoms with Gasteiger partial charge in [-0.1, -0.05) is 18.7 Å². The van der Waals surface area contributed by atoms with Crippen LogP contribution >= 0.6 is 27.7 Å². The Morgan fingerprint density at radius 3 is 2.29 bits per heavy atom. The molecule has 3 nitrogen and oxygen atoms in total. The van der Waals surface area contributed by atoms with Gasteiger partial charge in [0.1, 0.15) is 21.9 Å². The molecular formula is C16H17BrF3N3S. The van der Waals surface area contributed by atoms with Crippen LogP contribution in [0.3, 0.4) is 0 Å². The van der Waals surface area contributed by atoms with E-state index in [4.69, 9.17) is 0 Å². The first-order chi connectivity index (χ1) is 11.4. The first kappa shape index (κ1) is 17.7. The van der Waals surface area contributed by atoms with Crippen LogP contribution in [0, 0.1) is 23.4 Å². The highest BCUT2D eigenvalue weighted by molar-refractivity contribution is 9.10. The summed E-state index contributed by atoms with van der Waals surface area (Å²) in [6, 6.07) is 1.39. The molecule has 0 N–H and O–H groups in total. The molecule has 2 aromatic rings. The van der Waals surface area contributed by atoms with Gasteiger partial charge in [0.25, 0.3) is 0 Å². The van der Waals surface area contributed by atoms with Gasteiger partial charge in [-0.3, -0.25) is 4.57 Å². The zero-order valence-electron chi connectivity index (χ0n) is 13.3. The van der Waals surface area contributed by atoms with Crippen LogP contribution in [0.15, 0.2) is 21.9 Å². The van der Waals surface area contributed by atoms with E-state index in [1.807, 2.05) is 0 Å². The van der Waals surface area contributed by atoms with E-state index in [-0.39, 0.29) is 5.69 Å². The molecule has 1 aromatic heterocycles. The van der Waals surface area contributed by atoms with Gasteiger partial charge in [-0.05, 0) is 40.9 Å². The van der Waals surface area contributed by atoms with Gasteiger partial charge in [-0.2, -0.15) is 0 Å². The van der Waals surface area contributed by atoms with Crippen molar-refractivity contribution in [3.8, 4) is 5.69 Å². The molecule has 1 fully saturated rings. The van der Waals surface area contributed by atoms with E-state index in [9.17, 15) is 13.2 Å². The van der Waals surface area contributed by atoms with Gasteiger partial charge in [0.05, 0.1) is 0 Å². The summed E-state index contributed by atoms with van der Waals surface area (Å²) in [5.74, 6) is -1.60. The molecule has 0 unspecified atom stereocenters. The number of imidazole rings is 1. The highest BCUT2D eigenvalue weighted by atomic mass is 79.9. The fourth-order valence-corrected chi connectivity index (χ4v) is 4.20. The average Bonchev–Trinajstić information content (AvgIpc) is 2.84. The Morgan fingerprint density at radius 2 is 1.75 bits per heavy atom. The summed E-state index contributed by atoms with van der Waals surface area (Å²) < 4.78 is 44.0. The average molecular weight is 420 g/mol. The smallest absolute Gasteiger partial charge is 0.175 e. The standard InChI is InChI=1S/C16H17BrF3N3S/c1-9-3-5-22(6-4-9)15-14(17)21-16(24-2)23(15)13-11(19)7-10(18)8-12(13)20/h7-9H,3-6H2,1-2H3. The summed E-state index contributed by atoms with van der Waals surface area (Å²) in [5.41, 5.74) is -0.299. The Hall–Kier alpha value is -1.15. The van der Waals surface area contributed by atoms with Crippen LogP contribution in [0.25, 0.3) is 5.69 Å². The third kappa shape index (κ3) is 3.18. The minimum atomic E-state index is -0.945. The highest BCUT2D eigenvalue weighted by Gasteiger charge is 2.28. The zero-order valence-corrected chi connectivity index (χ0v) is 15.7. The van der Waals surface area contributed by atoms with E-state index >= 15 is 0 Å². The van der Waals surface area contributed by atoms with Crippen molar-refractivity contribution in [1.29, 1.82) is 0 Å². The summed E-state index contributed by atoms with van der Waals surface area (Å²) in [5, 5.41) is 0.444. The summed E-state index contributed by atoms with van der Waals surface area (Å²) in [4.78, 5) is 6.45. The fourth-order valence-electron chi connectivity index (χ4n) is 2.95. The van der Waals surface area contributed by atoms with Crippen molar-refractivity contribution >= 4 is 33.5 Å². The predicted molar refractivity (Wildman–Crippen MR) is 93.5 cm³/mol. The minimum absolute atomic E-state index is 0.299. The van der Waals surface area contributed by atoms with Crippen molar-refractivity contribution in [2.75, 3.05) is 24.2 Å². The third-order valence-corrected chi connectivity index (χ3v) is 5.42. The molecule has 1 aliphatic heterocycles. The molecule has 1 aromatic carbocycles. The van der Waals surface area contributed by atoms with E-state index in [2.05, 4.69) is 32.7 Å². The first-order valence-corrected chi connectivity index (χ1v) is 9.66. The molecule has 1 aliphatic rings. The predicted octanol–water partition coefficient (Wildman–Crippen LogP) is 5.01. The molecule has 0 bridgehead atoms. The van der Waals surface area contributed by atoms with Crippen molar-refractivity contribution in [2.45, 2.75) is 24.9 Å². The van der Waals surface area contributed by atoms with Gasteiger partial charge >= 0.3 is 0 Å². The minimum Gasteiger partial charge on any atom is -0.355 e. The second kappa shape index (κ2) is 7.00. The number of rotatable bonds is 3. The first-order valence-electron chi connectivity index (χ1n) is 7.64. The van der Waals surface area contributed by atoms with Crippen LogP contribution in [-0.2, 0) is 0 Å². The molecule has 1 saturated heterocycles. The van der Waals surface area contributed by atoms with Crippen LogP contribution in [0.1, 0.15) is 19.8 Å². The van der Waals surface area contributed by atoms with Crippen LogP contribution in [0.4, 0.5) is 19.0 Å². The van der Waals surface area contributed by atoms with Gasteiger partial charge in [-0.25, -0.2) is 18.2 Å². The van der Waals surface area contributed by atoms with E-state index in [0.29, 0.717) is 33.6 Å². The number of aromatic nitrogens is 2. The van der Waals surface area contributed by atoms with Gasteiger partial charge in [0.15, 0.2) is 16.8 Å². The Balaban J connectivity index is 2.17. The number of halogens is 4. The largest absolute Gasteiger partial charge is 0.355 e. The molecule has 8 heteroatoms. The van der Waals surface area contributed by atoms with Crippen LogP contribution < -0.4 is 4.90 Å². The Bertz CT molecular complexity index is 734. The molecule has 24 heavy (non-hydrogen) atoms. The molecule has 0 radical (unpaired) electrons. The Labute approximate surface area is 151 Å². The van der Waals surface area contributed by atoms with Gasteiger partial charge in [0.2, 0.25) is 0 Å². The maximum absolute atomic E-state index is 14.4. The molecule has 2 heterocycles. The molecule has 0 aliphatic carbocycles. The number of nitrogens with zero attached hydrogens (tertiary/aromatic N) is 3. The summed E-state index contributed by atoms with van der Waals surface area (Å²) in [7, 11) is 0. The van der Waals surface area contributed by atoms with E-state index in [1.54, 1.807) is 6.26 Å². The zero-order chi connectivity index (χ0) is 17.4. The van der Waals surface area contributed by atoms with Crippen LogP contribution in [0.2, 0.25) is 0 Å². The maximum atomic E-state index is 14.4. The van der Waals surface area contributed by atoms with Crippen LogP contribution in [-0.4, -0.2) is 28.9 Å². The van der Waals surface area contributed by atoms with E-state index in [0.717, 1.165) is 25.9 Å². The van der Waals surface area contributed by atoms with Crippen molar-refractivity contribution in [3.63, 3.8) is 0 Å². The molecule has 0 saturated carbocycles. The molecule has 0 amide bonds. The molecular weight excluding hydrogens is 403 g/mol. The number of hydrogen-bond donors (Lipinski definition) is 0. The van der Waals surface area contributed by atoms with E-state index in [1.165, 1.54) is 16.3 Å². The van der Waals surface area contributed by atoms with E-state index < -0.39 is 17.5 Å². The topological polar surface area (TPSA) is 21.1 Å². The number of anilines is 1. The third-order valence-electron chi connectivity index (χ3n) is 4.25. The highest BCUT2D eigenvalue weighted by Crippen LogP contribution is 2.37. The maximum Gasteiger partial charge on any atom is 0.175 e. The number of benzene rings is 1. The normalized spacial score (nSPS) is 16.0. The van der Waals surface area contributed by atoms with Crippen molar-refractivity contribution in [3.05, 3.63) is 34.2 Å². The fraction of sp³-hybridized carbons (Fsp3) is 0.438. The Kier molecular flexibility index (Phi) is 5.15. The van der Waals surface area contributed by atoms with Crippen molar-refractivity contribution in [2.24, 2.45) is 5.92 Å². The quantitative estimate of drug-likeness (QED) is 0.652. The summed E-state index contributed by atoms with van der Waals surface area (Å²) in [6.45, 7) is 3.75. The SMILES string of the molecule is CSc1nc(Br)c(N2CCC(C)CC2)n1-c1c(F)cc(F)cc1F. The monoisotopic (exact) mass is 419 g/mol. The Morgan fingerprint density at radius 1 is 1.17 bits per heavy atom. The molecule has 130 valence electrons. The number of piperidine rings is 1. The van der Waals surface area contributed by atoms with Gasteiger partial charge < -0.3 is 4.90 Å². The van der Waals surface area contributed by atoms with Gasteiger partial charge in [-0.15, -0.1) is 0 Å². The lowest BCUT2D eigenvalue weighted by Gasteiger charge is -2.32. The molecule has 3 rings (SSSR count). The van der Waals surface area contributed by atoms with Gasteiger partial charge in [0, 0.05) is 25.2 Å². The van der Waals surface area contributed by atoms with Crippen molar-refractivity contribution < 1.29 is 13.2 Å².